The van der Waals surface area contributed by atoms with Gasteiger partial charge >= 0.3 is 0 Å². The van der Waals surface area contributed by atoms with Gasteiger partial charge < -0.3 is 0 Å². The second-order valence-corrected chi connectivity index (χ2v) is 4.34. The van der Waals surface area contributed by atoms with Crippen molar-refractivity contribution in [1.29, 1.82) is 0 Å². The van der Waals surface area contributed by atoms with Crippen LogP contribution in [0.3, 0.4) is 0 Å². The molecule has 6 heteroatoms. The first-order valence-corrected chi connectivity index (χ1v) is 5.24. The van der Waals surface area contributed by atoms with E-state index in [1.807, 2.05) is 0 Å². The highest BCUT2D eigenvalue weighted by molar-refractivity contribution is 7.18. The highest BCUT2D eigenvalue weighted by atomic mass is 35.5. The molecule has 0 unspecified atom stereocenters. The minimum Gasteiger partial charge on any atom is -0.258 e. The van der Waals surface area contributed by atoms with E-state index < -0.39 is 4.92 Å². The number of thiophene rings is 1. The third-order valence-corrected chi connectivity index (χ3v) is 3.48. The van der Waals surface area contributed by atoms with Gasteiger partial charge in [0.2, 0.25) is 0 Å². The smallest absolute Gasteiger partial charge is 0.258 e. The van der Waals surface area contributed by atoms with Crippen LogP contribution in [-0.2, 0) is 0 Å². The van der Waals surface area contributed by atoms with Gasteiger partial charge in [-0.3, -0.25) is 10.1 Å². The second kappa shape index (κ2) is 3.38. The van der Waals surface area contributed by atoms with Crippen molar-refractivity contribution in [2.75, 3.05) is 0 Å². The van der Waals surface area contributed by atoms with Crippen molar-refractivity contribution in [2.24, 2.45) is 0 Å². The normalized spacial score (nSPS) is 10.7. The molecule has 0 fully saturated rings. The zero-order chi connectivity index (χ0) is 10.3. The van der Waals surface area contributed by atoms with Crippen LogP contribution in [0.1, 0.15) is 0 Å². The van der Waals surface area contributed by atoms with Crippen LogP contribution in [0.2, 0.25) is 10.0 Å². The fourth-order valence-electron chi connectivity index (χ4n) is 1.23. The second-order valence-electron chi connectivity index (χ2n) is 2.61. The summed E-state index contributed by atoms with van der Waals surface area (Å²) in [5, 5.41) is 13.3. The number of nitrogens with zero attached hydrogens (tertiary/aromatic N) is 1. The molecular weight excluding hydrogens is 245 g/mol. The molecule has 0 amide bonds. The first-order valence-electron chi connectivity index (χ1n) is 3.61. The van der Waals surface area contributed by atoms with E-state index in [0.717, 1.165) is 4.70 Å². The number of hydrogen-bond donors (Lipinski definition) is 0. The largest absolute Gasteiger partial charge is 0.297 e. The Kier molecular flexibility index (Phi) is 2.34. The Hall–Kier alpha value is -0.840. The summed E-state index contributed by atoms with van der Waals surface area (Å²) in [7, 11) is 0. The first kappa shape index (κ1) is 9.71. The Labute approximate surface area is 93.0 Å². The zero-order valence-corrected chi connectivity index (χ0v) is 8.99. The Balaban J connectivity index is 2.94. The lowest BCUT2D eigenvalue weighted by Gasteiger charge is -1.96. The maximum atomic E-state index is 10.8. The molecule has 2 aromatic rings. The van der Waals surface area contributed by atoms with Crippen LogP contribution < -0.4 is 0 Å². The van der Waals surface area contributed by atoms with Crippen LogP contribution in [0, 0.1) is 10.1 Å². The lowest BCUT2D eigenvalue weighted by atomic mass is 10.2. The van der Waals surface area contributed by atoms with E-state index >= 15 is 0 Å². The van der Waals surface area contributed by atoms with E-state index in [0.29, 0.717) is 10.4 Å². The molecule has 14 heavy (non-hydrogen) atoms. The van der Waals surface area contributed by atoms with Gasteiger partial charge in [-0.2, -0.15) is 0 Å². The molecule has 0 aliphatic rings. The van der Waals surface area contributed by atoms with E-state index in [4.69, 9.17) is 23.2 Å². The summed E-state index contributed by atoms with van der Waals surface area (Å²) in [6.07, 6.45) is 0. The fraction of sp³-hybridized carbons (Fsp3) is 0. The summed E-state index contributed by atoms with van der Waals surface area (Å²) in [6, 6.07) is 3.23. The summed E-state index contributed by atoms with van der Waals surface area (Å²) in [4.78, 5) is 10.2. The molecule has 0 saturated carbocycles. The number of rotatable bonds is 1. The number of fused-ring (bicyclic) bond motifs is 1. The molecule has 0 aliphatic carbocycles. The van der Waals surface area contributed by atoms with Gasteiger partial charge in [-0.25, -0.2) is 0 Å². The molecular formula is C8H3Cl2NO2S. The van der Waals surface area contributed by atoms with E-state index in [9.17, 15) is 10.1 Å². The van der Waals surface area contributed by atoms with Crippen molar-refractivity contribution in [2.45, 2.75) is 0 Å². The Morgan fingerprint density at radius 3 is 2.64 bits per heavy atom. The van der Waals surface area contributed by atoms with Crippen molar-refractivity contribution >= 4 is 50.3 Å². The number of hydrogen-bond acceptors (Lipinski definition) is 3. The molecule has 72 valence electrons. The predicted octanol–water partition coefficient (Wildman–Crippen LogP) is 4.12. The van der Waals surface area contributed by atoms with Crippen LogP contribution in [0.5, 0.6) is 0 Å². The standard InChI is InChI=1S/C8H3Cl2NO2S/c9-4-1-2-6-7(5(10)3-14-6)8(4)11(12)13/h1-3H. The van der Waals surface area contributed by atoms with E-state index in [1.54, 1.807) is 11.4 Å². The van der Waals surface area contributed by atoms with E-state index in [-0.39, 0.29) is 10.7 Å². The van der Waals surface area contributed by atoms with Gasteiger partial charge in [-0.1, -0.05) is 23.2 Å². The molecule has 0 radical (unpaired) electrons. The van der Waals surface area contributed by atoms with Gasteiger partial charge in [0, 0.05) is 10.1 Å². The number of benzene rings is 1. The summed E-state index contributed by atoms with van der Waals surface area (Å²) < 4.78 is 0.770. The van der Waals surface area contributed by atoms with Crippen molar-refractivity contribution in [3.8, 4) is 0 Å². The van der Waals surface area contributed by atoms with Crippen molar-refractivity contribution in [3.63, 3.8) is 0 Å². The Morgan fingerprint density at radius 2 is 2.00 bits per heavy atom. The average Bonchev–Trinajstić information content (AvgIpc) is 2.47. The van der Waals surface area contributed by atoms with Gasteiger partial charge in [-0.05, 0) is 12.1 Å². The lowest BCUT2D eigenvalue weighted by Crippen LogP contribution is -1.89. The molecule has 0 bridgehead atoms. The maximum absolute atomic E-state index is 10.8. The molecule has 0 N–H and O–H groups in total. The third kappa shape index (κ3) is 1.35. The minimum atomic E-state index is -0.511. The average molecular weight is 248 g/mol. The topological polar surface area (TPSA) is 43.1 Å². The van der Waals surface area contributed by atoms with Gasteiger partial charge in [0.05, 0.1) is 15.3 Å². The molecule has 1 aromatic heterocycles. The molecule has 2 rings (SSSR count). The predicted molar refractivity (Wildman–Crippen MR) is 58.5 cm³/mol. The van der Waals surface area contributed by atoms with Gasteiger partial charge in [-0.15, -0.1) is 11.3 Å². The molecule has 1 aromatic carbocycles. The van der Waals surface area contributed by atoms with Crippen LogP contribution >= 0.6 is 34.5 Å². The van der Waals surface area contributed by atoms with E-state index in [1.165, 1.54) is 17.4 Å². The van der Waals surface area contributed by atoms with Crippen molar-refractivity contribution < 1.29 is 4.92 Å². The first-order chi connectivity index (χ1) is 6.61. The number of nitro benzene ring substituents is 1. The highest BCUT2D eigenvalue weighted by Gasteiger charge is 2.20. The molecule has 1 heterocycles. The lowest BCUT2D eigenvalue weighted by molar-refractivity contribution is -0.382. The van der Waals surface area contributed by atoms with Crippen LogP contribution in [0.25, 0.3) is 10.1 Å². The summed E-state index contributed by atoms with van der Waals surface area (Å²) in [5.74, 6) is 0. The monoisotopic (exact) mass is 247 g/mol. The third-order valence-electron chi connectivity index (χ3n) is 1.80. The van der Waals surface area contributed by atoms with Gasteiger partial charge in [0.25, 0.3) is 5.69 Å². The van der Waals surface area contributed by atoms with E-state index in [2.05, 4.69) is 0 Å². The van der Waals surface area contributed by atoms with Crippen molar-refractivity contribution in [3.05, 3.63) is 37.7 Å². The number of nitro groups is 1. The maximum Gasteiger partial charge on any atom is 0.297 e. The molecule has 0 atom stereocenters. The quantitative estimate of drug-likeness (QED) is 0.562. The molecule has 3 nitrogen and oxygen atoms in total. The molecule has 0 saturated heterocycles. The zero-order valence-electron chi connectivity index (χ0n) is 6.66. The highest BCUT2D eigenvalue weighted by Crippen LogP contribution is 2.40. The SMILES string of the molecule is O=[N+]([O-])c1c(Cl)ccc2scc(Cl)c12. The summed E-state index contributed by atoms with van der Waals surface area (Å²) in [6.45, 7) is 0. The van der Waals surface area contributed by atoms with Gasteiger partial charge in [0.1, 0.15) is 5.02 Å². The minimum absolute atomic E-state index is 0.114. The summed E-state index contributed by atoms with van der Waals surface area (Å²) >= 11 is 12.9. The van der Waals surface area contributed by atoms with Crippen LogP contribution in [0.4, 0.5) is 5.69 Å². The van der Waals surface area contributed by atoms with Crippen molar-refractivity contribution in [1.82, 2.24) is 0 Å². The fourth-order valence-corrected chi connectivity index (χ4v) is 2.66. The van der Waals surface area contributed by atoms with Gasteiger partial charge in [0.15, 0.2) is 0 Å². The van der Waals surface area contributed by atoms with Crippen LogP contribution in [0.15, 0.2) is 17.5 Å². The Morgan fingerprint density at radius 1 is 1.29 bits per heavy atom. The molecule has 0 aliphatic heterocycles. The number of halogens is 2. The Bertz CT molecular complexity index is 523. The van der Waals surface area contributed by atoms with Crippen LogP contribution in [-0.4, -0.2) is 4.92 Å². The summed E-state index contributed by atoms with van der Waals surface area (Å²) in [5.41, 5.74) is -0.115. The molecule has 0 spiro atoms.